The Bertz CT molecular complexity index is 1940. The molecular weight excluding hydrogens is 650 g/mol. The van der Waals surface area contributed by atoms with Crippen LogP contribution in [0.2, 0.25) is 0 Å². The average Bonchev–Trinajstić information content (AvgIpc) is 3.72. The summed E-state index contributed by atoms with van der Waals surface area (Å²) in [6.45, 7) is 0. The van der Waals surface area contributed by atoms with Gasteiger partial charge in [-0.05, 0) is 0 Å². The Kier molecular flexibility index (Phi) is 7.27. The number of aromatic amines is 1. The first kappa shape index (κ1) is 30.2. The Labute approximate surface area is 248 Å². The van der Waals surface area contributed by atoms with E-state index >= 15 is 0 Å². The number of aromatic nitrogens is 8. The highest BCUT2D eigenvalue weighted by atomic mass is 31.2. The molecule has 4 aromatic rings. The van der Waals surface area contributed by atoms with E-state index in [1.165, 1.54) is 10.9 Å². The topological polar surface area (TPSA) is 330 Å². The lowest BCUT2D eigenvalue weighted by Gasteiger charge is -2.28. The third-order valence-corrected chi connectivity index (χ3v) is 9.20. The highest BCUT2D eigenvalue weighted by Crippen LogP contribution is 2.53. The van der Waals surface area contributed by atoms with Gasteiger partial charge in [0.15, 0.2) is 60.4 Å². The lowest BCUT2D eigenvalue weighted by Crippen LogP contribution is -2.38. The van der Waals surface area contributed by atoms with Gasteiger partial charge in [0.05, 0.1) is 12.7 Å². The number of nitrogens with two attached hydrogens (primary N) is 2. The van der Waals surface area contributed by atoms with Crippen LogP contribution in [-0.4, -0.2) is 109 Å². The fourth-order valence-corrected chi connectivity index (χ4v) is 7.15. The predicted molar refractivity (Wildman–Crippen MR) is 143 cm³/mol. The van der Waals surface area contributed by atoms with Crippen molar-refractivity contribution < 1.29 is 57.1 Å². The molecule has 7 heterocycles. The monoisotopic (exact) mass is 674 g/mol. The predicted octanol–water partition coefficient (Wildman–Crippen LogP) is -2.34. The molecule has 0 radical (unpaired) electrons. The van der Waals surface area contributed by atoms with Gasteiger partial charge < -0.3 is 50.4 Å². The van der Waals surface area contributed by atoms with Crippen molar-refractivity contribution in [3.63, 3.8) is 0 Å². The zero-order chi connectivity index (χ0) is 31.8. The van der Waals surface area contributed by atoms with Crippen LogP contribution in [0.5, 0.6) is 0 Å². The molecule has 242 valence electrons. The van der Waals surface area contributed by atoms with E-state index in [2.05, 4.69) is 29.9 Å². The fourth-order valence-electron chi connectivity index (χ4n) is 5.15. The van der Waals surface area contributed by atoms with Gasteiger partial charge in [-0.15, -0.1) is 0 Å². The molecule has 6 unspecified atom stereocenters. The molecule has 10 atom stereocenters. The standard InChI is InChI=1S/C20H24N10O13P2/c21-12-6-13(24-1-23-12)29(2-25-6)16-8(31)10-18(40-16)38-4-45(36,37)43-11-9(32)17(41-19(11)39-5-44(34,35)42-10)30-3-26-7-14(30)27-20(22)28-15(7)33/h1-3,8-11,16-19,31-32H,4-5H2,(H,34,35)(H,36,37)(H2,21,23,24)(H3,22,27,28,33)/t8?,9?,10?,11?,16-,17-,18+,19+/m1/s1. The molecule has 4 aromatic heterocycles. The SMILES string of the molecule is Nc1nc2c(ncn2[C@@H]2O[C@@H]3OCP(=O)(O)OC4C(O)[C@H](n5cnc6c(N)ncnc65)O[C@@H]4OCP(=O)(O)OC3C2O)c(=O)[nH]1. The van der Waals surface area contributed by atoms with Crippen molar-refractivity contribution in [2.75, 3.05) is 24.2 Å². The van der Waals surface area contributed by atoms with Gasteiger partial charge in [0.2, 0.25) is 5.95 Å². The van der Waals surface area contributed by atoms with E-state index in [0.717, 1.165) is 17.2 Å². The van der Waals surface area contributed by atoms with Gasteiger partial charge in [-0.3, -0.25) is 37.1 Å². The van der Waals surface area contributed by atoms with Crippen LogP contribution in [-0.2, 0) is 37.1 Å². The molecule has 9 N–H and O–H groups in total. The van der Waals surface area contributed by atoms with Gasteiger partial charge in [0.1, 0.15) is 36.3 Å². The van der Waals surface area contributed by atoms with Gasteiger partial charge in [0.25, 0.3) is 5.56 Å². The summed E-state index contributed by atoms with van der Waals surface area (Å²) in [6, 6.07) is 0. The molecule has 3 aliphatic rings. The summed E-state index contributed by atoms with van der Waals surface area (Å²) in [4.78, 5) is 55.7. The number of hydrogen-bond donors (Lipinski definition) is 7. The number of fused-ring (bicyclic) bond motifs is 4. The van der Waals surface area contributed by atoms with Gasteiger partial charge in [-0.1, -0.05) is 0 Å². The lowest BCUT2D eigenvalue weighted by molar-refractivity contribution is -0.178. The zero-order valence-corrected chi connectivity index (χ0v) is 24.2. The summed E-state index contributed by atoms with van der Waals surface area (Å²) in [5.74, 6) is -0.236. The maximum absolute atomic E-state index is 13.2. The van der Waals surface area contributed by atoms with Crippen LogP contribution in [0.4, 0.5) is 11.8 Å². The number of aliphatic hydroxyl groups is 2. The molecule has 23 nitrogen and oxygen atoms in total. The van der Waals surface area contributed by atoms with E-state index in [1.807, 2.05) is 0 Å². The molecule has 7 rings (SSSR count). The Balaban J connectivity index is 1.17. The van der Waals surface area contributed by atoms with E-state index in [4.69, 9.17) is 39.5 Å². The summed E-state index contributed by atoms with van der Waals surface area (Å²) >= 11 is 0. The highest BCUT2D eigenvalue weighted by Gasteiger charge is 2.54. The Morgan fingerprint density at radius 3 is 1.93 bits per heavy atom. The first-order valence-electron chi connectivity index (χ1n) is 12.9. The number of H-pyrrole nitrogens is 1. The molecule has 25 heteroatoms. The maximum atomic E-state index is 13.2. The number of nitrogens with one attached hydrogen (secondary N) is 1. The quantitative estimate of drug-likeness (QED) is 0.109. The van der Waals surface area contributed by atoms with E-state index in [-0.39, 0.29) is 34.1 Å². The van der Waals surface area contributed by atoms with Gasteiger partial charge in [0, 0.05) is 0 Å². The normalized spacial score (nSPS) is 37.7. The summed E-state index contributed by atoms with van der Waals surface area (Å²) in [5.41, 5.74) is 10.8. The van der Waals surface area contributed by atoms with E-state index in [1.54, 1.807) is 0 Å². The van der Waals surface area contributed by atoms with Gasteiger partial charge in [-0.2, -0.15) is 4.98 Å². The van der Waals surface area contributed by atoms with E-state index in [9.17, 15) is 33.9 Å². The van der Waals surface area contributed by atoms with Gasteiger partial charge >= 0.3 is 15.2 Å². The molecule has 0 spiro atoms. The van der Waals surface area contributed by atoms with Crippen LogP contribution < -0.4 is 17.0 Å². The Morgan fingerprint density at radius 1 is 0.822 bits per heavy atom. The largest absolute Gasteiger partial charge is 0.385 e. The minimum absolute atomic E-state index is 0.0353. The molecule has 0 aromatic carbocycles. The number of anilines is 2. The molecule has 0 amide bonds. The number of ether oxygens (including phenoxy) is 4. The number of hydrogen-bond acceptors (Lipinski definition) is 18. The summed E-state index contributed by atoms with van der Waals surface area (Å²) in [7, 11) is -9.60. The third-order valence-electron chi connectivity index (χ3n) is 7.10. The molecular formula is C20H24N10O13P2. The number of nitrogens with zero attached hydrogens (tertiary/aromatic N) is 7. The van der Waals surface area contributed by atoms with Crippen LogP contribution in [0.1, 0.15) is 12.5 Å². The number of nitrogen functional groups attached to an aromatic ring is 2. The Morgan fingerprint density at radius 2 is 1.36 bits per heavy atom. The van der Waals surface area contributed by atoms with E-state index in [0.29, 0.717) is 0 Å². The first-order chi connectivity index (χ1) is 21.3. The molecule has 3 fully saturated rings. The van der Waals surface area contributed by atoms with Crippen LogP contribution >= 0.6 is 15.2 Å². The summed E-state index contributed by atoms with van der Waals surface area (Å²) in [5, 5.41) is 22.2. The van der Waals surface area contributed by atoms with Crippen molar-refractivity contribution >= 4 is 49.3 Å². The zero-order valence-electron chi connectivity index (χ0n) is 22.4. The minimum Gasteiger partial charge on any atom is -0.385 e. The van der Waals surface area contributed by atoms with Crippen molar-refractivity contribution in [2.45, 2.75) is 49.5 Å². The van der Waals surface area contributed by atoms with Crippen LogP contribution in [0.25, 0.3) is 22.3 Å². The van der Waals surface area contributed by atoms with Gasteiger partial charge in [-0.25, -0.2) is 19.9 Å². The van der Waals surface area contributed by atoms with Crippen LogP contribution in [0, 0.1) is 0 Å². The third kappa shape index (κ3) is 5.31. The first-order valence-corrected chi connectivity index (χ1v) is 16.4. The van der Waals surface area contributed by atoms with Crippen LogP contribution in [0.15, 0.2) is 23.8 Å². The highest BCUT2D eigenvalue weighted by molar-refractivity contribution is 7.52. The summed E-state index contributed by atoms with van der Waals surface area (Å²) in [6.07, 6.45) is -12.1. The second-order valence-corrected chi connectivity index (χ2v) is 13.6. The number of imidazole rings is 2. The van der Waals surface area contributed by atoms with E-state index < -0.39 is 82.9 Å². The Hall–Kier alpha value is -3.44. The van der Waals surface area contributed by atoms with Crippen molar-refractivity contribution in [3.05, 3.63) is 29.3 Å². The molecule has 45 heavy (non-hydrogen) atoms. The molecule has 3 aliphatic heterocycles. The second-order valence-electron chi connectivity index (χ2n) is 10.1. The van der Waals surface area contributed by atoms with Crippen molar-refractivity contribution in [3.8, 4) is 0 Å². The second kappa shape index (κ2) is 10.8. The molecule has 0 aliphatic carbocycles. The number of rotatable bonds is 2. The van der Waals surface area contributed by atoms with Crippen molar-refractivity contribution in [1.29, 1.82) is 0 Å². The molecule has 3 saturated heterocycles. The maximum Gasteiger partial charge on any atom is 0.354 e. The van der Waals surface area contributed by atoms with Crippen molar-refractivity contribution in [1.82, 2.24) is 39.0 Å². The summed E-state index contributed by atoms with van der Waals surface area (Å²) < 4.78 is 61.6. The molecule has 0 saturated carbocycles. The van der Waals surface area contributed by atoms with Crippen LogP contribution in [0.3, 0.4) is 0 Å². The van der Waals surface area contributed by atoms with Crippen molar-refractivity contribution in [2.24, 2.45) is 0 Å². The fraction of sp³-hybridized carbons (Fsp3) is 0.500. The number of aliphatic hydroxyl groups excluding tert-OH is 2. The lowest BCUT2D eigenvalue weighted by atomic mass is 10.2. The minimum atomic E-state index is -4.80. The molecule has 0 bridgehead atoms. The smallest absolute Gasteiger partial charge is 0.354 e. The average molecular weight is 674 g/mol.